The summed E-state index contributed by atoms with van der Waals surface area (Å²) in [5.74, 6) is 1.46. The van der Waals surface area contributed by atoms with Crippen molar-refractivity contribution in [1.29, 1.82) is 0 Å². The van der Waals surface area contributed by atoms with Gasteiger partial charge in [0.2, 0.25) is 0 Å². The number of hydrogen-bond donors (Lipinski definition) is 0. The number of aromatic nitrogens is 1. The maximum atomic E-state index is 12.9. The largest absolute Gasteiger partial charge is 0.493 e. The summed E-state index contributed by atoms with van der Waals surface area (Å²) in [5.41, 5.74) is 3.05. The average Bonchev–Trinajstić information content (AvgIpc) is 3.50. The molecule has 0 spiro atoms. The lowest BCUT2D eigenvalue weighted by atomic mass is 10.1. The first kappa shape index (κ1) is 22.6. The zero-order valence-electron chi connectivity index (χ0n) is 19.9. The molecule has 2 heterocycles. The van der Waals surface area contributed by atoms with E-state index in [1.165, 1.54) is 12.8 Å². The molecule has 1 unspecified atom stereocenters. The molecule has 3 aromatic rings. The van der Waals surface area contributed by atoms with Crippen LogP contribution in [0.15, 0.2) is 48.5 Å². The minimum Gasteiger partial charge on any atom is -0.493 e. The number of hydrogen-bond acceptors (Lipinski definition) is 5. The number of benzene rings is 2. The first-order chi connectivity index (χ1) is 16.6. The normalized spacial score (nSPS) is 18.9. The predicted octanol–water partition coefficient (Wildman–Crippen LogP) is 5.22. The Kier molecular flexibility index (Phi) is 6.63. The van der Waals surface area contributed by atoms with Gasteiger partial charge in [-0.1, -0.05) is 24.3 Å². The lowest BCUT2D eigenvalue weighted by Crippen LogP contribution is -2.42. The van der Waals surface area contributed by atoms with Gasteiger partial charge in [0.1, 0.15) is 12.7 Å². The second-order valence-corrected chi connectivity index (χ2v) is 9.05. The van der Waals surface area contributed by atoms with Crippen LogP contribution in [0, 0.1) is 0 Å². The number of amides is 1. The third-order valence-electron chi connectivity index (χ3n) is 6.87. The number of carbonyl (C=O) groups excluding carboxylic acids is 1. The summed E-state index contributed by atoms with van der Waals surface area (Å²) in [7, 11) is 3.65. The third-order valence-corrected chi connectivity index (χ3v) is 6.87. The fourth-order valence-electron chi connectivity index (χ4n) is 4.90. The molecule has 1 aliphatic carbocycles. The van der Waals surface area contributed by atoms with Crippen molar-refractivity contribution in [1.82, 2.24) is 9.47 Å². The second-order valence-electron chi connectivity index (χ2n) is 9.05. The lowest BCUT2D eigenvalue weighted by molar-refractivity contribution is -0.0299. The summed E-state index contributed by atoms with van der Waals surface area (Å²) in [5, 5.41) is 1.14. The van der Waals surface area contributed by atoms with Gasteiger partial charge in [-0.3, -0.25) is 0 Å². The molecule has 5 rings (SSSR count). The van der Waals surface area contributed by atoms with Gasteiger partial charge < -0.3 is 28.4 Å². The summed E-state index contributed by atoms with van der Waals surface area (Å²) in [6.45, 7) is 1.63. The van der Waals surface area contributed by atoms with Crippen LogP contribution in [-0.2, 0) is 23.1 Å². The van der Waals surface area contributed by atoms with Crippen LogP contribution < -0.4 is 9.47 Å². The lowest BCUT2D eigenvalue weighted by Gasteiger charge is -2.32. The van der Waals surface area contributed by atoms with Crippen molar-refractivity contribution in [2.24, 2.45) is 7.05 Å². The highest BCUT2D eigenvalue weighted by Crippen LogP contribution is 2.35. The van der Waals surface area contributed by atoms with E-state index >= 15 is 0 Å². The summed E-state index contributed by atoms with van der Waals surface area (Å²) in [6.07, 6.45) is 4.22. The molecule has 0 N–H and O–H groups in total. The molecule has 2 fully saturated rings. The summed E-state index contributed by atoms with van der Waals surface area (Å²) in [4.78, 5) is 14.6. The van der Waals surface area contributed by atoms with Crippen LogP contribution in [0.5, 0.6) is 11.5 Å². The van der Waals surface area contributed by atoms with Gasteiger partial charge in [-0.25, -0.2) is 4.79 Å². The molecule has 1 atom stereocenters. The van der Waals surface area contributed by atoms with E-state index in [-0.39, 0.29) is 24.9 Å². The molecule has 1 aromatic heterocycles. The van der Waals surface area contributed by atoms with Gasteiger partial charge in [0.15, 0.2) is 11.5 Å². The first-order valence-corrected chi connectivity index (χ1v) is 12.0. The van der Waals surface area contributed by atoms with Gasteiger partial charge in [-0.2, -0.15) is 0 Å². The van der Waals surface area contributed by atoms with E-state index < -0.39 is 0 Å². The Morgan fingerprint density at radius 2 is 1.91 bits per heavy atom. The number of methoxy groups -OCH3 is 1. The van der Waals surface area contributed by atoms with Crippen LogP contribution in [-0.4, -0.2) is 48.5 Å². The Morgan fingerprint density at radius 3 is 2.71 bits per heavy atom. The van der Waals surface area contributed by atoms with Crippen molar-refractivity contribution in [3.05, 3.63) is 59.8 Å². The van der Waals surface area contributed by atoms with Gasteiger partial charge in [0.05, 0.1) is 32.1 Å². The fourth-order valence-corrected chi connectivity index (χ4v) is 4.90. The van der Waals surface area contributed by atoms with Crippen LogP contribution in [0.1, 0.15) is 43.0 Å². The van der Waals surface area contributed by atoms with Gasteiger partial charge in [0, 0.05) is 19.1 Å². The maximum Gasteiger partial charge on any atom is 0.410 e. The van der Waals surface area contributed by atoms with Crippen molar-refractivity contribution in [2.45, 2.75) is 44.5 Å². The molecule has 34 heavy (non-hydrogen) atoms. The predicted molar refractivity (Wildman–Crippen MR) is 129 cm³/mol. The van der Waals surface area contributed by atoms with Crippen LogP contribution in [0.3, 0.4) is 0 Å². The standard InChI is InChI=1S/C27H32N2O5/c1-28-21(15-19-7-3-6-10-23(19)28)18-33-27(30)29-13-14-32-26(17-29)20-11-12-24(31-2)25(16-20)34-22-8-4-5-9-22/h3,6-7,10-12,15-16,22,26H,4-5,8-9,13-14,17-18H2,1-2H3. The number of aryl methyl sites for hydroxylation is 1. The number of carbonyl (C=O) groups is 1. The molecule has 180 valence electrons. The molecular formula is C27H32N2O5. The molecule has 7 heteroatoms. The molecule has 1 aliphatic heterocycles. The monoisotopic (exact) mass is 464 g/mol. The SMILES string of the molecule is COc1ccc(C2CN(C(=O)OCc3cc4ccccc4n3C)CCO2)cc1OC1CCCC1. The Hall–Kier alpha value is -3.19. The van der Waals surface area contributed by atoms with E-state index in [1.54, 1.807) is 12.0 Å². The molecule has 7 nitrogen and oxygen atoms in total. The van der Waals surface area contributed by atoms with Crippen LogP contribution in [0.2, 0.25) is 0 Å². The first-order valence-electron chi connectivity index (χ1n) is 12.0. The highest BCUT2D eigenvalue weighted by Gasteiger charge is 2.28. The minimum atomic E-state index is -0.325. The van der Waals surface area contributed by atoms with Crippen molar-refractivity contribution < 1.29 is 23.7 Å². The van der Waals surface area contributed by atoms with Crippen molar-refractivity contribution in [3.63, 3.8) is 0 Å². The van der Waals surface area contributed by atoms with Crippen LogP contribution in [0.25, 0.3) is 10.9 Å². The Bertz CT molecular complexity index is 1150. The van der Waals surface area contributed by atoms with E-state index in [4.69, 9.17) is 18.9 Å². The summed E-state index contributed by atoms with van der Waals surface area (Å²) in [6, 6.07) is 16.1. The zero-order chi connectivity index (χ0) is 23.5. The van der Waals surface area contributed by atoms with Crippen molar-refractivity contribution in [3.8, 4) is 11.5 Å². The molecule has 1 saturated heterocycles. The number of nitrogens with zero attached hydrogens (tertiary/aromatic N) is 2. The Morgan fingerprint density at radius 1 is 1.09 bits per heavy atom. The number of morpholine rings is 1. The second kappa shape index (κ2) is 9.97. The maximum absolute atomic E-state index is 12.9. The van der Waals surface area contributed by atoms with Crippen molar-refractivity contribution in [2.75, 3.05) is 26.8 Å². The topological polar surface area (TPSA) is 62.2 Å². The summed E-state index contributed by atoms with van der Waals surface area (Å²) < 4.78 is 25.5. The molecule has 0 radical (unpaired) electrons. The highest BCUT2D eigenvalue weighted by molar-refractivity contribution is 5.81. The highest BCUT2D eigenvalue weighted by atomic mass is 16.6. The van der Waals surface area contributed by atoms with E-state index in [9.17, 15) is 4.79 Å². The average molecular weight is 465 g/mol. The fraction of sp³-hybridized carbons (Fsp3) is 0.444. The van der Waals surface area contributed by atoms with Gasteiger partial charge >= 0.3 is 6.09 Å². The number of rotatable bonds is 6. The van der Waals surface area contributed by atoms with Crippen molar-refractivity contribution >= 4 is 17.0 Å². The Balaban J connectivity index is 1.24. The summed E-state index contributed by atoms with van der Waals surface area (Å²) >= 11 is 0. The van der Waals surface area contributed by atoms with Gasteiger partial charge in [0.25, 0.3) is 0 Å². The molecule has 2 aromatic carbocycles. The number of para-hydroxylation sites is 1. The number of fused-ring (bicyclic) bond motifs is 1. The molecule has 1 saturated carbocycles. The number of ether oxygens (including phenoxy) is 4. The van der Waals surface area contributed by atoms with Crippen LogP contribution in [0.4, 0.5) is 4.79 Å². The third kappa shape index (κ3) is 4.71. The quantitative estimate of drug-likeness (QED) is 0.501. The zero-order valence-corrected chi connectivity index (χ0v) is 19.9. The van der Waals surface area contributed by atoms with E-state index in [0.717, 1.165) is 46.5 Å². The van der Waals surface area contributed by atoms with E-state index in [1.807, 2.05) is 37.4 Å². The molecule has 2 aliphatic rings. The molecular weight excluding hydrogens is 432 g/mol. The van der Waals surface area contributed by atoms with E-state index in [2.05, 4.69) is 22.8 Å². The van der Waals surface area contributed by atoms with Crippen LogP contribution >= 0.6 is 0 Å². The molecule has 1 amide bonds. The smallest absolute Gasteiger partial charge is 0.410 e. The van der Waals surface area contributed by atoms with Gasteiger partial charge in [-0.05, 0) is 60.9 Å². The molecule has 0 bridgehead atoms. The van der Waals surface area contributed by atoms with Gasteiger partial charge in [-0.15, -0.1) is 0 Å². The minimum absolute atomic E-state index is 0.230. The van der Waals surface area contributed by atoms with E-state index in [0.29, 0.717) is 19.7 Å². The Labute approximate surface area is 200 Å².